The van der Waals surface area contributed by atoms with E-state index in [1.807, 2.05) is 0 Å². The molecule has 2 N–H and O–H groups in total. The van der Waals surface area contributed by atoms with E-state index in [0.717, 1.165) is 19.2 Å². The highest BCUT2D eigenvalue weighted by atomic mass is 35.5. The number of halogens is 2. The molecule has 0 fully saturated rings. The first-order valence-electron chi connectivity index (χ1n) is 4.19. The van der Waals surface area contributed by atoms with Gasteiger partial charge in [-0.05, 0) is 24.3 Å². The van der Waals surface area contributed by atoms with Crippen LogP contribution in [-0.2, 0) is 9.53 Å². The Hall–Kier alpha value is -1.46. The van der Waals surface area contributed by atoms with Gasteiger partial charge in [0.25, 0.3) is 0 Å². The second kappa shape index (κ2) is 6.19. The summed E-state index contributed by atoms with van der Waals surface area (Å²) in [6, 6.07) is 3.41. The van der Waals surface area contributed by atoms with Gasteiger partial charge in [0.15, 0.2) is 11.8 Å². The van der Waals surface area contributed by atoms with Crippen LogP contribution in [-0.4, -0.2) is 24.9 Å². The largest absolute Gasteiger partial charge is 0.468 e. The van der Waals surface area contributed by atoms with Gasteiger partial charge in [-0.3, -0.25) is 4.79 Å². The number of carbonyl (C=O) groups excluding carboxylic acids is 2. The minimum Gasteiger partial charge on any atom is -0.468 e. The molecule has 0 saturated carbocycles. The lowest BCUT2D eigenvalue weighted by atomic mass is 10.1. The summed E-state index contributed by atoms with van der Waals surface area (Å²) in [5, 5.41) is 0. The van der Waals surface area contributed by atoms with Gasteiger partial charge in [0.1, 0.15) is 5.82 Å². The molecular weight excluding hydrogens is 237 g/mol. The number of carbonyl (C=O) groups is 2. The topological polar surface area (TPSA) is 69.4 Å². The number of rotatable bonds is 3. The van der Waals surface area contributed by atoms with Crippen molar-refractivity contribution in [3.63, 3.8) is 0 Å². The van der Waals surface area contributed by atoms with Gasteiger partial charge in [0.05, 0.1) is 7.11 Å². The van der Waals surface area contributed by atoms with E-state index in [4.69, 9.17) is 5.73 Å². The fourth-order valence-corrected chi connectivity index (χ4v) is 1.03. The smallest absolute Gasteiger partial charge is 0.330 e. The summed E-state index contributed by atoms with van der Waals surface area (Å²) < 4.78 is 16.9. The van der Waals surface area contributed by atoms with Crippen LogP contribution in [0.2, 0.25) is 0 Å². The average molecular weight is 248 g/mol. The van der Waals surface area contributed by atoms with Gasteiger partial charge in [-0.1, -0.05) is 0 Å². The van der Waals surface area contributed by atoms with Gasteiger partial charge < -0.3 is 10.5 Å². The zero-order chi connectivity index (χ0) is 11.4. The highest BCUT2D eigenvalue weighted by Crippen LogP contribution is 2.05. The molecule has 0 aliphatic heterocycles. The number of methoxy groups -OCH3 is 1. The number of esters is 1. The summed E-state index contributed by atoms with van der Waals surface area (Å²) in [4.78, 5) is 22.5. The highest BCUT2D eigenvalue weighted by Gasteiger charge is 2.23. The van der Waals surface area contributed by atoms with Crippen LogP contribution in [0.5, 0.6) is 0 Å². The SMILES string of the molecule is COC(=O)C(N)C(=O)c1ccc(F)cc1.Cl. The first-order valence-corrected chi connectivity index (χ1v) is 4.19. The molecule has 16 heavy (non-hydrogen) atoms. The molecule has 0 bridgehead atoms. The molecule has 0 saturated heterocycles. The van der Waals surface area contributed by atoms with Gasteiger partial charge in [0, 0.05) is 5.56 Å². The Morgan fingerprint density at radius 3 is 2.25 bits per heavy atom. The number of ketones is 1. The summed E-state index contributed by atoms with van der Waals surface area (Å²) >= 11 is 0. The lowest BCUT2D eigenvalue weighted by Crippen LogP contribution is -2.39. The van der Waals surface area contributed by atoms with Crippen LogP contribution in [0, 0.1) is 5.82 Å². The maximum absolute atomic E-state index is 12.5. The van der Waals surface area contributed by atoms with E-state index < -0.39 is 23.6 Å². The van der Waals surface area contributed by atoms with Gasteiger partial charge in [0.2, 0.25) is 0 Å². The molecule has 1 aromatic carbocycles. The zero-order valence-electron chi connectivity index (χ0n) is 8.48. The summed E-state index contributed by atoms with van der Waals surface area (Å²) in [6.07, 6.45) is 0. The van der Waals surface area contributed by atoms with Crippen molar-refractivity contribution in [1.82, 2.24) is 0 Å². The van der Waals surface area contributed by atoms with Crippen molar-refractivity contribution >= 4 is 24.2 Å². The molecule has 1 rings (SSSR count). The molecule has 0 aromatic heterocycles. The molecule has 1 atom stereocenters. The molecule has 0 aliphatic carbocycles. The molecule has 1 aromatic rings. The van der Waals surface area contributed by atoms with Crippen molar-refractivity contribution in [3.8, 4) is 0 Å². The molecule has 88 valence electrons. The standard InChI is InChI=1S/C10H10FNO3.ClH/c1-15-10(14)8(12)9(13)6-2-4-7(11)5-3-6;/h2-5,8H,12H2,1H3;1H. The van der Waals surface area contributed by atoms with Crippen molar-refractivity contribution < 1.29 is 18.7 Å². The van der Waals surface area contributed by atoms with Crippen LogP contribution in [0.1, 0.15) is 10.4 Å². The Labute approximate surface area is 98.0 Å². The summed E-state index contributed by atoms with van der Waals surface area (Å²) in [7, 11) is 1.14. The minimum atomic E-state index is -1.36. The summed E-state index contributed by atoms with van der Waals surface area (Å²) in [5.41, 5.74) is 5.50. The van der Waals surface area contributed by atoms with Crippen molar-refractivity contribution in [1.29, 1.82) is 0 Å². The van der Waals surface area contributed by atoms with Gasteiger partial charge in [-0.2, -0.15) is 0 Å². The minimum absolute atomic E-state index is 0. The molecular formula is C10H11ClFNO3. The molecule has 0 radical (unpaired) electrons. The Morgan fingerprint density at radius 2 is 1.81 bits per heavy atom. The van der Waals surface area contributed by atoms with Crippen LogP contribution < -0.4 is 5.73 Å². The number of benzene rings is 1. The predicted octanol–water partition coefficient (Wildman–Crippen LogP) is 0.930. The summed E-state index contributed by atoms with van der Waals surface area (Å²) in [6.45, 7) is 0. The average Bonchev–Trinajstić information content (AvgIpc) is 2.27. The third-order valence-electron chi connectivity index (χ3n) is 1.87. The van der Waals surface area contributed by atoms with Crippen LogP contribution >= 0.6 is 12.4 Å². The van der Waals surface area contributed by atoms with E-state index in [2.05, 4.69) is 4.74 Å². The first-order chi connectivity index (χ1) is 7.06. The molecule has 0 heterocycles. The van der Waals surface area contributed by atoms with Gasteiger partial charge in [-0.15, -0.1) is 12.4 Å². The van der Waals surface area contributed by atoms with E-state index in [9.17, 15) is 14.0 Å². The highest BCUT2D eigenvalue weighted by molar-refractivity contribution is 6.11. The molecule has 6 heteroatoms. The second-order valence-electron chi connectivity index (χ2n) is 2.87. The van der Waals surface area contributed by atoms with Crippen LogP contribution in [0.3, 0.4) is 0 Å². The number of Topliss-reactive ketones (excluding diaryl/α,β-unsaturated/α-hetero) is 1. The van der Waals surface area contributed by atoms with Crippen molar-refractivity contribution in [2.75, 3.05) is 7.11 Å². The number of hydrogen-bond donors (Lipinski definition) is 1. The molecule has 0 aliphatic rings. The predicted molar refractivity (Wildman–Crippen MR) is 58.0 cm³/mol. The third kappa shape index (κ3) is 3.29. The lowest BCUT2D eigenvalue weighted by molar-refractivity contribution is -0.140. The van der Waals surface area contributed by atoms with E-state index in [-0.39, 0.29) is 18.0 Å². The maximum atomic E-state index is 12.5. The summed E-state index contributed by atoms with van der Waals surface area (Å²) in [5.74, 6) is -1.87. The van der Waals surface area contributed by atoms with Gasteiger partial charge >= 0.3 is 5.97 Å². The molecule has 4 nitrogen and oxygen atoms in total. The Balaban J connectivity index is 0.00000225. The lowest BCUT2D eigenvalue weighted by Gasteiger charge is -2.07. The fraction of sp³-hybridized carbons (Fsp3) is 0.200. The Morgan fingerprint density at radius 1 is 1.31 bits per heavy atom. The number of ether oxygens (including phenoxy) is 1. The van der Waals surface area contributed by atoms with E-state index >= 15 is 0 Å². The third-order valence-corrected chi connectivity index (χ3v) is 1.87. The number of nitrogens with two attached hydrogens (primary N) is 1. The molecule has 0 spiro atoms. The molecule has 0 amide bonds. The van der Waals surface area contributed by atoms with Crippen molar-refractivity contribution in [3.05, 3.63) is 35.6 Å². The maximum Gasteiger partial charge on any atom is 0.330 e. The quantitative estimate of drug-likeness (QED) is 0.490. The van der Waals surface area contributed by atoms with E-state index in [1.165, 1.54) is 12.1 Å². The fourth-order valence-electron chi connectivity index (χ4n) is 1.03. The Kier molecular flexibility index (Phi) is 5.63. The van der Waals surface area contributed by atoms with Crippen molar-refractivity contribution in [2.45, 2.75) is 6.04 Å². The normalized spacial score (nSPS) is 11.2. The van der Waals surface area contributed by atoms with Crippen LogP contribution in [0.4, 0.5) is 4.39 Å². The molecule has 1 unspecified atom stereocenters. The first kappa shape index (κ1) is 14.5. The van der Waals surface area contributed by atoms with Crippen LogP contribution in [0.15, 0.2) is 24.3 Å². The van der Waals surface area contributed by atoms with Gasteiger partial charge in [-0.25, -0.2) is 9.18 Å². The van der Waals surface area contributed by atoms with E-state index in [1.54, 1.807) is 0 Å². The van der Waals surface area contributed by atoms with E-state index in [0.29, 0.717) is 0 Å². The Bertz CT molecular complexity index is 380. The second-order valence-corrected chi connectivity index (χ2v) is 2.87. The van der Waals surface area contributed by atoms with Crippen LogP contribution in [0.25, 0.3) is 0 Å². The van der Waals surface area contributed by atoms with Crippen molar-refractivity contribution in [2.24, 2.45) is 5.73 Å². The number of hydrogen-bond acceptors (Lipinski definition) is 4. The monoisotopic (exact) mass is 247 g/mol. The zero-order valence-corrected chi connectivity index (χ0v) is 9.29.